The van der Waals surface area contributed by atoms with Crippen LogP contribution < -0.4 is 0 Å². The molecule has 0 aliphatic heterocycles. The smallest absolute Gasteiger partial charge is 0.463 e. The minimum atomic E-state index is -0.950. The SMILES string of the molecule is CC(=O)OCC(O)CO.C[N+](C)(C)CCO[PH+]=O. The van der Waals surface area contributed by atoms with Gasteiger partial charge in [0.05, 0.1) is 27.7 Å². The molecule has 0 aliphatic carbocycles. The highest BCUT2D eigenvalue weighted by Gasteiger charge is 2.07. The van der Waals surface area contributed by atoms with Gasteiger partial charge in [0.25, 0.3) is 0 Å². The molecule has 2 unspecified atom stereocenters. The van der Waals surface area contributed by atoms with E-state index < -0.39 is 20.8 Å². The summed E-state index contributed by atoms with van der Waals surface area (Å²) in [5.74, 6) is -0.456. The topological polar surface area (TPSA) is 93.1 Å². The van der Waals surface area contributed by atoms with Crippen LogP contribution in [0, 0.1) is 0 Å². The highest BCUT2D eigenvalue weighted by molar-refractivity contribution is 7.17. The first kappa shape index (κ1) is 19.7. The molecule has 0 fully saturated rings. The number of aliphatic hydroxyl groups is 2. The molecular weight excluding hydrogens is 261 g/mol. The van der Waals surface area contributed by atoms with Crippen LogP contribution in [0.15, 0.2) is 0 Å². The number of esters is 1. The van der Waals surface area contributed by atoms with Crippen LogP contribution in [-0.2, 0) is 18.6 Å². The monoisotopic (exact) mass is 285 g/mol. The summed E-state index contributed by atoms with van der Waals surface area (Å²) in [4.78, 5) is 10.0. The second-order valence-corrected chi connectivity index (χ2v) is 5.04. The van der Waals surface area contributed by atoms with E-state index in [4.69, 9.17) is 10.2 Å². The molecule has 0 aromatic carbocycles. The Kier molecular flexibility index (Phi) is 12.6. The molecule has 0 saturated carbocycles. The summed E-state index contributed by atoms with van der Waals surface area (Å²) in [6.45, 7) is 2.20. The van der Waals surface area contributed by atoms with Gasteiger partial charge in [-0.2, -0.15) is 0 Å². The number of ether oxygens (including phenoxy) is 1. The Balaban J connectivity index is 0. The maximum absolute atomic E-state index is 10.0. The number of aliphatic hydroxyl groups excluding tert-OH is 2. The average molecular weight is 285 g/mol. The van der Waals surface area contributed by atoms with Crippen molar-refractivity contribution in [1.82, 2.24) is 0 Å². The van der Waals surface area contributed by atoms with E-state index in [2.05, 4.69) is 30.4 Å². The molecule has 7 nitrogen and oxygen atoms in total. The van der Waals surface area contributed by atoms with Gasteiger partial charge in [0.2, 0.25) is 0 Å². The Morgan fingerprint density at radius 2 is 1.94 bits per heavy atom. The van der Waals surface area contributed by atoms with Crippen LogP contribution in [0.25, 0.3) is 0 Å². The van der Waals surface area contributed by atoms with Crippen molar-refractivity contribution in [3.05, 3.63) is 0 Å². The Bertz CT molecular complexity index is 231. The molecule has 2 N–H and O–H groups in total. The first-order valence-corrected chi connectivity index (χ1v) is 6.26. The van der Waals surface area contributed by atoms with E-state index >= 15 is 0 Å². The van der Waals surface area contributed by atoms with Crippen molar-refractivity contribution in [3.8, 4) is 0 Å². The van der Waals surface area contributed by atoms with E-state index in [1.165, 1.54) is 6.92 Å². The Labute approximate surface area is 109 Å². The number of likely N-dealkylation sites (N-methyl/N-ethyl adjacent to an activating group) is 1. The van der Waals surface area contributed by atoms with Gasteiger partial charge in [-0.25, -0.2) is 0 Å². The van der Waals surface area contributed by atoms with E-state index in [1.54, 1.807) is 0 Å². The quantitative estimate of drug-likeness (QED) is 0.285. The predicted molar refractivity (Wildman–Crippen MR) is 67.6 cm³/mol. The van der Waals surface area contributed by atoms with Crippen molar-refractivity contribution in [3.63, 3.8) is 0 Å². The van der Waals surface area contributed by atoms with Gasteiger partial charge >= 0.3 is 14.7 Å². The zero-order chi connectivity index (χ0) is 14.6. The van der Waals surface area contributed by atoms with Crippen molar-refractivity contribution >= 4 is 14.7 Å². The molecule has 2 atom stereocenters. The largest absolute Gasteiger partial charge is 0.494 e. The summed E-state index contributed by atoms with van der Waals surface area (Å²) in [7, 11) is 5.58. The fourth-order valence-electron chi connectivity index (χ4n) is 0.627. The molecule has 0 aliphatic rings. The molecule has 0 aromatic rings. The van der Waals surface area contributed by atoms with E-state index in [0.29, 0.717) is 6.61 Å². The van der Waals surface area contributed by atoms with E-state index in [0.717, 1.165) is 11.0 Å². The van der Waals surface area contributed by atoms with Crippen molar-refractivity contribution in [2.45, 2.75) is 13.0 Å². The lowest BCUT2D eigenvalue weighted by atomic mass is 10.4. The molecule has 0 radical (unpaired) electrons. The molecule has 0 heterocycles. The van der Waals surface area contributed by atoms with Crippen LogP contribution in [0.4, 0.5) is 0 Å². The molecule has 0 amide bonds. The van der Waals surface area contributed by atoms with Crippen molar-refractivity contribution in [1.29, 1.82) is 0 Å². The van der Waals surface area contributed by atoms with E-state index in [9.17, 15) is 9.36 Å². The molecular formula is C10H24NO6P+2. The van der Waals surface area contributed by atoms with Gasteiger partial charge in [0, 0.05) is 6.92 Å². The Morgan fingerprint density at radius 3 is 2.28 bits per heavy atom. The van der Waals surface area contributed by atoms with Crippen molar-refractivity contribution in [2.75, 3.05) is 47.5 Å². The third kappa shape index (κ3) is 20.8. The molecule has 0 aromatic heterocycles. The summed E-state index contributed by atoms with van der Waals surface area (Å²) in [5.41, 5.74) is 0. The van der Waals surface area contributed by atoms with Crippen LogP contribution >= 0.6 is 8.69 Å². The molecule has 0 saturated heterocycles. The summed E-state index contributed by atoms with van der Waals surface area (Å²) < 4.78 is 19.7. The average Bonchev–Trinajstić information content (AvgIpc) is 2.25. The zero-order valence-corrected chi connectivity index (χ0v) is 12.4. The van der Waals surface area contributed by atoms with Crippen LogP contribution in [0.1, 0.15) is 6.92 Å². The number of rotatable bonds is 7. The second kappa shape index (κ2) is 11.5. The number of quaternary nitrogens is 1. The Hall–Kier alpha value is -0.590. The van der Waals surface area contributed by atoms with Gasteiger partial charge in [-0.1, -0.05) is 0 Å². The normalized spacial score (nSPS) is 12.6. The summed E-state index contributed by atoms with van der Waals surface area (Å²) in [6, 6.07) is 0. The highest BCUT2D eigenvalue weighted by atomic mass is 31.1. The van der Waals surface area contributed by atoms with Crippen LogP contribution in [-0.4, -0.2) is 74.3 Å². The Morgan fingerprint density at radius 1 is 1.39 bits per heavy atom. The number of nitrogens with zero attached hydrogens (tertiary/aromatic N) is 1. The third-order valence-electron chi connectivity index (χ3n) is 1.61. The zero-order valence-electron chi connectivity index (χ0n) is 11.4. The van der Waals surface area contributed by atoms with Gasteiger partial charge in [-0.3, -0.25) is 4.79 Å². The maximum Gasteiger partial charge on any atom is 0.494 e. The molecule has 0 spiro atoms. The van der Waals surface area contributed by atoms with Gasteiger partial charge < -0.3 is 19.4 Å². The standard InChI is InChI=1S/C5H14NO2P.C5H10O4/c1-6(2,3)4-5-8-9-7;1-4(7)9-3-5(8)2-6/h9H,4-5H2,1-3H3;5-6,8H,2-3H2,1H3/q+2;. The van der Waals surface area contributed by atoms with Gasteiger partial charge in [0.15, 0.2) is 6.61 Å². The highest BCUT2D eigenvalue weighted by Crippen LogP contribution is 1.96. The fourth-order valence-corrected chi connectivity index (χ4v) is 0.802. The third-order valence-corrected chi connectivity index (χ3v) is 1.93. The van der Waals surface area contributed by atoms with Crippen LogP contribution in [0.2, 0.25) is 0 Å². The molecule has 8 heteroatoms. The molecule has 0 rings (SSSR count). The lowest BCUT2D eigenvalue weighted by Gasteiger charge is -2.21. The molecule has 18 heavy (non-hydrogen) atoms. The van der Waals surface area contributed by atoms with Gasteiger partial charge in [-0.15, -0.1) is 4.52 Å². The first-order chi connectivity index (χ1) is 8.22. The maximum atomic E-state index is 10.0. The predicted octanol–water partition coefficient (Wildman–Crippen LogP) is -0.449. The van der Waals surface area contributed by atoms with Gasteiger partial charge in [0.1, 0.15) is 19.3 Å². The van der Waals surface area contributed by atoms with E-state index in [1.807, 2.05) is 0 Å². The van der Waals surface area contributed by atoms with E-state index in [-0.39, 0.29) is 13.2 Å². The number of hydrogen-bond acceptors (Lipinski definition) is 6. The minimum absolute atomic E-state index is 0.133. The van der Waals surface area contributed by atoms with Crippen molar-refractivity contribution in [2.24, 2.45) is 0 Å². The molecule has 108 valence electrons. The fraction of sp³-hybridized carbons (Fsp3) is 0.900. The van der Waals surface area contributed by atoms with Crippen molar-refractivity contribution < 1.29 is 33.3 Å². The number of carbonyl (C=O) groups is 1. The number of carbonyl (C=O) groups excluding carboxylic acids is 1. The number of hydrogen-bond donors (Lipinski definition) is 2. The van der Waals surface area contributed by atoms with Crippen LogP contribution in [0.5, 0.6) is 0 Å². The summed E-state index contributed by atoms with van der Waals surface area (Å²) in [6.07, 6.45) is -0.950. The van der Waals surface area contributed by atoms with Gasteiger partial charge in [-0.05, 0) is 4.57 Å². The van der Waals surface area contributed by atoms with Crippen LogP contribution in [0.3, 0.4) is 0 Å². The first-order valence-electron chi connectivity index (χ1n) is 5.44. The lowest BCUT2D eigenvalue weighted by molar-refractivity contribution is -0.870. The second-order valence-electron chi connectivity index (χ2n) is 4.58. The summed E-state index contributed by atoms with van der Waals surface area (Å²) >= 11 is 0. The minimum Gasteiger partial charge on any atom is -0.463 e. The summed E-state index contributed by atoms with van der Waals surface area (Å²) in [5, 5.41) is 16.8. The lowest BCUT2D eigenvalue weighted by Crippen LogP contribution is -2.37. The molecule has 0 bridgehead atoms.